The Hall–Kier alpha value is -3.19. The summed E-state index contributed by atoms with van der Waals surface area (Å²) in [7, 11) is 1.62. The molecule has 1 N–H and O–H groups in total. The number of para-hydroxylation sites is 1. The van der Waals surface area contributed by atoms with Crippen LogP contribution in [0.4, 0.5) is 5.69 Å². The van der Waals surface area contributed by atoms with Gasteiger partial charge in [-0.05, 0) is 26.0 Å². The van der Waals surface area contributed by atoms with Crippen molar-refractivity contribution in [2.45, 2.75) is 26.5 Å². The number of anilines is 1. The Bertz CT molecular complexity index is 977. The summed E-state index contributed by atoms with van der Waals surface area (Å²) in [5.41, 5.74) is 1.67. The van der Waals surface area contributed by atoms with Crippen molar-refractivity contribution in [2.75, 3.05) is 19.0 Å². The van der Waals surface area contributed by atoms with E-state index in [1.54, 1.807) is 25.4 Å². The van der Waals surface area contributed by atoms with Crippen LogP contribution < -0.4 is 10.1 Å². The first-order valence-electron chi connectivity index (χ1n) is 9.04. The van der Waals surface area contributed by atoms with Crippen molar-refractivity contribution in [3.05, 3.63) is 54.4 Å². The monoisotopic (exact) mass is 381 g/mol. The molecule has 3 aromatic rings. The highest BCUT2D eigenvalue weighted by molar-refractivity contribution is 6.48. The van der Waals surface area contributed by atoms with E-state index in [0.717, 1.165) is 10.9 Å². The van der Waals surface area contributed by atoms with E-state index in [1.807, 2.05) is 42.7 Å². The predicted octanol–water partition coefficient (Wildman–Crippen LogP) is 3.29. The number of aromatic nitrogens is 2. The average Bonchev–Trinajstić information content (AvgIpc) is 3.05. The molecule has 146 valence electrons. The number of benzene rings is 1. The summed E-state index contributed by atoms with van der Waals surface area (Å²) >= 11 is 0. The Morgan fingerprint density at radius 3 is 2.64 bits per heavy atom. The maximum absolute atomic E-state index is 12.8. The van der Waals surface area contributed by atoms with E-state index in [0.29, 0.717) is 30.3 Å². The third-order valence-corrected chi connectivity index (χ3v) is 4.13. The third kappa shape index (κ3) is 4.37. The van der Waals surface area contributed by atoms with Crippen LogP contribution in [0.15, 0.2) is 48.8 Å². The lowest BCUT2D eigenvalue weighted by molar-refractivity contribution is -0.112. The topological polar surface area (TPSA) is 82.5 Å². The zero-order valence-electron chi connectivity index (χ0n) is 16.1. The minimum absolute atomic E-state index is 0.00458. The number of hydrogen-bond donors (Lipinski definition) is 1. The molecule has 1 aromatic carbocycles. The minimum Gasteiger partial charge on any atom is -0.475 e. The van der Waals surface area contributed by atoms with E-state index in [1.165, 1.54) is 6.20 Å². The molecule has 7 heteroatoms. The molecule has 3 rings (SSSR count). The van der Waals surface area contributed by atoms with Crippen LogP contribution in [0.5, 0.6) is 5.88 Å². The van der Waals surface area contributed by atoms with Crippen molar-refractivity contribution in [3.8, 4) is 5.88 Å². The maximum Gasteiger partial charge on any atom is 0.296 e. The molecule has 0 fully saturated rings. The van der Waals surface area contributed by atoms with E-state index in [9.17, 15) is 9.59 Å². The van der Waals surface area contributed by atoms with Gasteiger partial charge >= 0.3 is 0 Å². The number of Topliss-reactive ketones (excluding diaryl/α,β-unsaturated/α-hetero) is 1. The zero-order valence-corrected chi connectivity index (χ0v) is 16.1. The van der Waals surface area contributed by atoms with Gasteiger partial charge in [0.05, 0.1) is 30.2 Å². The van der Waals surface area contributed by atoms with Gasteiger partial charge in [-0.3, -0.25) is 9.59 Å². The highest BCUT2D eigenvalue weighted by atomic mass is 16.5. The van der Waals surface area contributed by atoms with E-state index in [-0.39, 0.29) is 6.10 Å². The van der Waals surface area contributed by atoms with Gasteiger partial charge in [-0.1, -0.05) is 18.2 Å². The molecule has 0 aliphatic rings. The molecular formula is C21H23N3O4. The molecule has 0 radical (unpaired) electrons. The molecule has 7 nitrogen and oxygen atoms in total. The fourth-order valence-electron chi connectivity index (χ4n) is 2.88. The number of ketones is 1. The van der Waals surface area contributed by atoms with Crippen LogP contribution in [-0.2, 0) is 16.1 Å². The number of fused-ring (bicyclic) bond motifs is 1. The smallest absolute Gasteiger partial charge is 0.296 e. The second-order valence-electron chi connectivity index (χ2n) is 6.58. The average molecular weight is 381 g/mol. The van der Waals surface area contributed by atoms with Gasteiger partial charge in [-0.25, -0.2) is 4.98 Å². The molecule has 0 bridgehead atoms. The van der Waals surface area contributed by atoms with Crippen LogP contribution in [0.25, 0.3) is 10.9 Å². The van der Waals surface area contributed by atoms with Crippen molar-refractivity contribution in [3.63, 3.8) is 0 Å². The molecule has 1 amide bonds. The molecule has 0 spiro atoms. The predicted molar refractivity (Wildman–Crippen MR) is 107 cm³/mol. The molecule has 2 heterocycles. The minimum atomic E-state index is -0.714. The first-order valence-corrected chi connectivity index (χ1v) is 9.04. The van der Waals surface area contributed by atoms with Gasteiger partial charge in [-0.15, -0.1) is 0 Å². The lowest BCUT2D eigenvalue weighted by Gasteiger charge is -2.09. The first kappa shape index (κ1) is 19.6. The van der Waals surface area contributed by atoms with Gasteiger partial charge in [0, 0.05) is 36.8 Å². The van der Waals surface area contributed by atoms with Crippen molar-refractivity contribution in [2.24, 2.45) is 0 Å². The largest absolute Gasteiger partial charge is 0.475 e. The van der Waals surface area contributed by atoms with Crippen molar-refractivity contribution < 1.29 is 19.1 Å². The van der Waals surface area contributed by atoms with E-state index < -0.39 is 11.7 Å². The first-order chi connectivity index (χ1) is 13.5. The summed E-state index contributed by atoms with van der Waals surface area (Å²) in [4.78, 5) is 29.4. The Morgan fingerprint density at radius 2 is 1.96 bits per heavy atom. The van der Waals surface area contributed by atoms with Crippen LogP contribution in [0, 0.1) is 0 Å². The molecule has 0 aliphatic carbocycles. The van der Waals surface area contributed by atoms with Crippen LogP contribution in [0.1, 0.15) is 24.2 Å². The second-order valence-corrected chi connectivity index (χ2v) is 6.58. The number of carbonyl (C=O) groups is 2. The summed E-state index contributed by atoms with van der Waals surface area (Å²) in [6.07, 6.45) is 3.17. The number of pyridine rings is 1. The molecule has 0 saturated carbocycles. The van der Waals surface area contributed by atoms with E-state index in [2.05, 4.69) is 10.3 Å². The second kappa shape index (κ2) is 8.67. The Morgan fingerprint density at radius 1 is 1.18 bits per heavy atom. The molecule has 0 aliphatic heterocycles. The van der Waals surface area contributed by atoms with E-state index in [4.69, 9.17) is 9.47 Å². The van der Waals surface area contributed by atoms with Gasteiger partial charge in [0.15, 0.2) is 0 Å². The van der Waals surface area contributed by atoms with Crippen molar-refractivity contribution in [1.29, 1.82) is 0 Å². The van der Waals surface area contributed by atoms with Gasteiger partial charge in [0.2, 0.25) is 5.88 Å². The molecule has 2 aromatic heterocycles. The molecule has 0 unspecified atom stereocenters. The fourth-order valence-corrected chi connectivity index (χ4v) is 2.88. The molecule has 28 heavy (non-hydrogen) atoms. The van der Waals surface area contributed by atoms with Gasteiger partial charge in [0.1, 0.15) is 0 Å². The van der Waals surface area contributed by atoms with Gasteiger partial charge in [0.25, 0.3) is 11.7 Å². The van der Waals surface area contributed by atoms with Gasteiger partial charge < -0.3 is 19.4 Å². The number of ether oxygens (including phenoxy) is 2. The summed E-state index contributed by atoms with van der Waals surface area (Å²) in [6.45, 7) is 4.90. The number of hydrogen-bond acceptors (Lipinski definition) is 5. The number of carbonyl (C=O) groups excluding carboxylic acids is 2. The summed E-state index contributed by atoms with van der Waals surface area (Å²) in [5, 5.41) is 3.33. The number of nitrogens with one attached hydrogen (secondary N) is 1. The van der Waals surface area contributed by atoms with Crippen LogP contribution in [-0.4, -0.2) is 41.1 Å². The normalized spacial score (nSPS) is 11.0. The summed E-state index contributed by atoms with van der Waals surface area (Å²) in [6, 6.07) is 10.8. The molecule has 0 saturated heterocycles. The molecular weight excluding hydrogens is 358 g/mol. The zero-order chi connectivity index (χ0) is 20.1. The summed E-state index contributed by atoms with van der Waals surface area (Å²) < 4.78 is 12.5. The third-order valence-electron chi connectivity index (χ3n) is 4.13. The fraction of sp³-hybridized carbons (Fsp3) is 0.286. The standard InChI is InChI=1S/C21H23N3O4/c1-14(2)28-19-9-8-15(12-22-19)23-21(26)20(25)17-13-24(10-11-27-3)18-7-5-4-6-16(17)18/h4-9,12-14H,10-11H2,1-3H3,(H,23,26). The maximum atomic E-state index is 12.8. The van der Waals surface area contributed by atoms with Crippen molar-refractivity contribution >= 4 is 28.3 Å². The Kier molecular flexibility index (Phi) is 6.06. The number of methoxy groups -OCH3 is 1. The van der Waals surface area contributed by atoms with Gasteiger partial charge in [-0.2, -0.15) is 0 Å². The van der Waals surface area contributed by atoms with Crippen molar-refractivity contribution in [1.82, 2.24) is 9.55 Å². The SMILES string of the molecule is COCCn1cc(C(=O)C(=O)Nc2ccc(OC(C)C)nc2)c2ccccc21. The van der Waals surface area contributed by atoms with Crippen LogP contribution in [0.3, 0.4) is 0 Å². The number of amides is 1. The molecule has 0 atom stereocenters. The number of rotatable bonds is 8. The Labute approximate surface area is 163 Å². The summed E-state index contributed by atoms with van der Waals surface area (Å²) in [5.74, 6) is -0.857. The lowest BCUT2D eigenvalue weighted by Crippen LogP contribution is -2.22. The highest BCUT2D eigenvalue weighted by Crippen LogP contribution is 2.22. The Balaban J connectivity index is 1.79. The quantitative estimate of drug-likeness (QED) is 0.478. The van der Waals surface area contributed by atoms with E-state index >= 15 is 0 Å². The van der Waals surface area contributed by atoms with Crippen LogP contribution in [0.2, 0.25) is 0 Å². The van der Waals surface area contributed by atoms with Crippen LogP contribution >= 0.6 is 0 Å². The highest BCUT2D eigenvalue weighted by Gasteiger charge is 2.21. The number of nitrogens with zero attached hydrogens (tertiary/aromatic N) is 2. The lowest BCUT2D eigenvalue weighted by atomic mass is 10.1.